The molecule has 0 aromatic rings. The Kier molecular flexibility index (Phi) is 11.8. The fourth-order valence-electron chi connectivity index (χ4n) is 8.10. The van der Waals surface area contributed by atoms with Gasteiger partial charge in [-0.15, -0.1) is 0 Å². The number of aliphatic hydroxyl groups excluding tert-OH is 2. The van der Waals surface area contributed by atoms with Gasteiger partial charge in [0.1, 0.15) is 0 Å². The molecule has 3 fully saturated rings. The summed E-state index contributed by atoms with van der Waals surface area (Å²) in [6.45, 7) is 13.9. The van der Waals surface area contributed by atoms with Gasteiger partial charge in [-0.2, -0.15) is 0 Å². The lowest BCUT2D eigenvalue weighted by atomic mass is 9.60. The molecule has 0 amide bonds. The second-order valence-electron chi connectivity index (χ2n) is 14.2. The summed E-state index contributed by atoms with van der Waals surface area (Å²) in [5, 5.41) is 18.3. The molecule has 0 bridgehead atoms. The lowest BCUT2D eigenvalue weighted by Gasteiger charge is -2.44. The molecule has 9 nitrogen and oxygen atoms in total. The Balaban J connectivity index is 1.57. The molecule has 3 saturated carbocycles. The third-order valence-corrected chi connectivity index (χ3v) is 14.6. The van der Waals surface area contributed by atoms with Crippen molar-refractivity contribution in [2.45, 2.75) is 122 Å². The lowest BCUT2D eigenvalue weighted by Crippen LogP contribution is -2.36. The second kappa shape index (κ2) is 13.8. The highest BCUT2D eigenvalue weighted by Gasteiger charge is 2.51. The molecule has 0 aliphatic heterocycles. The molecule has 11 heteroatoms. The Morgan fingerprint density at radius 3 is 2.36 bits per heavy atom. The lowest BCUT2D eigenvalue weighted by molar-refractivity contribution is -0.0404. The molecule has 6 N–H and O–H groups in total. The van der Waals surface area contributed by atoms with Gasteiger partial charge in [0, 0.05) is 12.3 Å². The molecule has 0 spiro atoms. The third-order valence-electron chi connectivity index (χ3n) is 10.4. The molecule has 0 heterocycles. The van der Waals surface area contributed by atoms with Crippen molar-refractivity contribution >= 4 is 15.2 Å². The van der Waals surface area contributed by atoms with Gasteiger partial charge in [0.05, 0.1) is 24.4 Å². The number of ether oxygens (including phenoxy) is 1. The summed E-state index contributed by atoms with van der Waals surface area (Å²) in [6.07, 6.45) is 12.5. The molecule has 0 aromatic carbocycles. The molecule has 3 aliphatic carbocycles. The first kappa shape index (κ1) is 35.9. The van der Waals surface area contributed by atoms with Crippen molar-refractivity contribution in [1.82, 2.24) is 0 Å². The van der Waals surface area contributed by atoms with Crippen LogP contribution in [-0.2, 0) is 13.9 Å². The van der Waals surface area contributed by atoms with Crippen LogP contribution >= 0.6 is 15.2 Å². The SMILES string of the molecule is C=C1/C(=C\C=C2/CCC[C@]3(C)[C@@H]([C@H](C)CCCC(C)(C)OCC(C)C(P(=O)(O)O)P(=O)(O)O)CC[C@@H]23)C[C@@H](O)C[C@@H]1O. The predicted octanol–water partition coefficient (Wildman–Crippen LogP) is 6.05. The zero-order valence-electron chi connectivity index (χ0n) is 26.0. The average Bonchev–Trinajstić information content (AvgIpc) is 3.19. The van der Waals surface area contributed by atoms with Crippen LogP contribution in [0.5, 0.6) is 0 Å². The highest BCUT2D eigenvalue weighted by Crippen LogP contribution is 2.63. The van der Waals surface area contributed by atoms with Crippen molar-refractivity contribution in [3.05, 3.63) is 35.5 Å². The van der Waals surface area contributed by atoms with Gasteiger partial charge in [0.15, 0.2) is 5.40 Å². The van der Waals surface area contributed by atoms with Crippen molar-refractivity contribution in [1.29, 1.82) is 0 Å². The molecular weight excluding hydrogens is 578 g/mol. The second-order valence-corrected chi connectivity index (χ2v) is 18.0. The maximum Gasteiger partial charge on any atom is 0.341 e. The molecule has 242 valence electrons. The van der Waals surface area contributed by atoms with Crippen LogP contribution in [0.2, 0.25) is 0 Å². The fourth-order valence-corrected chi connectivity index (χ4v) is 11.2. The maximum atomic E-state index is 11.7. The van der Waals surface area contributed by atoms with Crippen molar-refractivity contribution in [2.75, 3.05) is 6.61 Å². The average molecular weight is 633 g/mol. The Bertz CT molecular complexity index is 1100. The number of aliphatic hydroxyl groups is 2. The summed E-state index contributed by atoms with van der Waals surface area (Å²) in [7, 11) is -10.00. The molecule has 0 saturated heterocycles. The minimum Gasteiger partial charge on any atom is -0.393 e. The van der Waals surface area contributed by atoms with E-state index < -0.39 is 44.3 Å². The van der Waals surface area contributed by atoms with E-state index in [0.717, 1.165) is 43.3 Å². The molecule has 3 aliphatic rings. The molecule has 7 atom stereocenters. The van der Waals surface area contributed by atoms with E-state index >= 15 is 0 Å². The largest absolute Gasteiger partial charge is 0.393 e. The van der Waals surface area contributed by atoms with Crippen molar-refractivity contribution in [3.8, 4) is 0 Å². The van der Waals surface area contributed by atoms with Crippen molar-refractivity contribution in [3.63, 3.8) is 0 Å². The van der Waals surface area contributed by atoms with E-state index in [4.69, 9.17) is 4.74 Å². The van der Waals surface area contributed by atoms with Gasteiger partial charge in [0.2, 0.25) is 0 Å². The third kappa shape index (κ3) is 8.77. The van der Waals surface area contributed by atoms with E-state index in [1.165, 1.54) is 31.8 Å². The molecule has 42 heavy (non-hydrogen) atoms. The minimum atomic E-state index is -5.00. The van der Waals surface area contributed by atoms with Crippen LogP contribution in [0.4, 0.5) is 0 Å². The van der Waals surface area contributed by atoms with E-state index in [0.29, 0.717) is 30.6 Å². The molecule has 3 rings (SSSR count). The maximum absolute atomic E-state index is 11.7. The smallest absolute Gasteiger partial charge is 0.341 e. The molecular formula is C31H54O9P2. The van der Waals surface area contributed by atoms with Gasteiger partial charge in [-0.25, -0.2) is 0 Å². The van der Waals surface area contributed by atoms with E-state index in [1.807, 2.05) is 13.8 Å². The Morgan fingerprint density at radius 2 is 1.74 bits per heavy atom. The zero-order chi connectivity index (χ0) is 31.7. The first-order valence-corrected chi connectivity index (χ1v) is 18.8. The van der Waals surface area contributed by atoms with E-state index in [9.17, 15) is 38.9 Å². The van der Waals surface area contributed by atoms with E-state index in [1.54, 1.807) is 0 Å². The van der Waals surface area contributed by atoms with Gasteiger partial charge < -0.3 is 34.5 Å². The Hall–Kier alpha value is -0.600. The fraction of sp³-hybridized carbons (Fsp3) is 0.806. The number of allylic oxidation sites excluding steroid dienone is 3. The molecule has 1 unspecified atom stereocenters. The van der Waals surface area contributed by atoms with Crippen molar-refractivity contribution in [2.24, 2.45) is 29.1 Å². The Labute approximate surface area is 251 Å². The first-order valence-electron chi connectivity index (χ1n) is 15.5. The van der Waals surface area contributed by atoms with Crippen LogP contribution in [0.3, 0.4) is 0 Å². The van der Waals surface area contributed by atoms with Crippen LogP contribution < -0.4 is 0 Å². The van der Waals surface area contributed by atoms with Crippen LogP contribution in [0.25, 0.3) is 0 Å². The summed E-state index contributed by atoms with van der Waals surface area (Å²) >= 11 is 0. The highest BCUT2D eigenvalue weighted by molar-refractivity contribution is 7.70. The van der Waals surface area contributed by atoms with Crippen LogP contribution in [0.1, 0.15) is 98.8 Å². The number of fused-ring (bicyclic) bond motifs is 1. The van der Waals surface area contributed by atoms with Crippen LogP contribution in [0, 0.1) is 29.1 Å². The molecule has 0 radical (unpaired) electrons. The van der Waals surface area contributed by atoms with Gasteiger partial charge in [-0.3, -0.25) is 9.13 Å². The summed E-state index contributed by atoms with van der Waals surface area (Å²) in [6, 6.07) is 0. The van der Waals surface area contributed by atoms with Crippen LogP contribution in [-0.4, -0.2) is 59.6 Å². The minimum absolute atomic E-state index is 0.150. The topological polar surface area (TPSA) is 165 Å². The summed E-state index contributed by atoms with van der Waals surface area (Å²) in [5.74, 6) is 0.642. The van der Waals surface area contributed by atoms with Gasteiger partial charge in [-0.05, 0) is 93.1 Å². The number of hydrogen-bond acceptors (Lipinski definition) is 5. The summed E-state index contributed by atoms with van der Waals surface area (Å²) in [4.78, 5) is 38.0. The highest BCUT2D eigenvalue weighted by atomic mass is 31.2. The number of rotatable bonds is 12. The Morgan fingerprint density at radius 1 is 1.10 bits per heavy atom. The van der Waals surface area contributed by atoms with Gasteiger partial charge >= 0.3 is 15.2 Å². The summed E-state index contributed by atoms with van der Waals surface area (Å²) < 4.78 is 29.4. The summed E-state index contributed by atoms with van der Waals surface area (Å²) in [5.41, 5.74) is 2.77. The van der Waals surface area contributed by atoms with Gasteiger partial charge in [-0.1, -0.05) is 57.9 Å². The molecule has 0 aromatic heterocycles. The van der Waals surface area contributed by atoms with Gasteiger partial charge in [0.25, 0.3) is 0 Å². The van der Waals surface area contributed by atoms with Crippen molar-refractivity contribution < 1.29 is 43.7 Å². The quantitative estimate of drug-likeness (QED) is 0.141. The normalized spacial score (nSPS) is 32.9. The monoisotopic (exact) mass is 632 g/mol. The van der Waals surface area contributed by atoms with E-state index in [-0.39, 0.29) is 12.0 Å². The zero-order valence-corrected chi connectivity index (χ0v) is 27.8. The number of hydrogen-bond donors (Lipinski definition) is 6. The first-order chi connectivity index (χ1) is 19.3. The standard InChI is InChI=1S/C31H54O9P2/c1-20(9-7-15-30(4,5)40-19-21(2)29(41(34,35)36)42(37,38)39)26-13-14-27-23(10-8-16-31(26,27)6)11-12-24-17-25(32)18-28(33)22(24)3/h11-12,20-21,25-29,32-33H,3,7-10,13-19H2,1-2,4-6H3,(H2,34,35,36)(H2,37,38,39)/b23-11+,24-12-/t20-,21?,25-,26-,27+,28+,31-/m1/s1. The van der Waals surface area contributed by atoms with E-state index in [2.05, 4.69) is 32.6 Å². The predicted molar refractivity (Wildman–Crippen MR) is 165 cm³/mol. The van der Waals surface area contributed by atoms with Crippen LogP contribution in [0.15, 0.2) is 35.5 Å².